The summed E-state index contributed by atoms with van der Waals surface area (Å²) in [6, 6.07) is 12.7. The summed E-state index contributed by atoms with van der Waals surface area (Å²) >= 11 is 12.0. The van der Waals surface area contributed by atoms with Crippen LogP contribution < -0.4 is 5.32 Å². The lowest BCUT2D eigenvalue weighted by Crippen LogP contribution is -2.43. The second-order valence-corrected chi connectivity index (χ2v) is 9.79. The van der Waals surface area contributed by atoms with E-state index >= 15 is 0 Å². The smallest absolute Gasteiger partial charge is 0.253 e. The predicted octanol–water partition coefficient (Wildman–Crippen LogP) is 5.85. The topological polar surface area (TPSA) is 67.2 Å². The van der Waals surface area contributed by atoms with Crippen LogP contribution in [0.1, 0.15) is 54.4 Å². The van der Waals surface area contributed by atoms with Crippen LogP contribution in [-0.2, 0) is 11.3 Å². The zero-order chi connectivity index (χ0) is 24.2. The average Bonchev–Trinajstić information content (AvgIpc) is 3.29. The Morgan fingerprint density at radius 2 is 1.97 bits per heavy atom. The highest BCUT2D eigenvalue weighted by molar-refractivity contribution is 6.42. The van der Waals surface area contributed by atoms with Crippen LogP contribution >= 0.6 is 23.2 Å². The number of amides is 2. The molecule has 2 aromatic carbocycles. The van der Waals surface area contributed by atoms with Gasteiger partial charge in [-0.3, -0.25) is 9.59 Å². The third kappa shape index (κ3) is 5.62. The van der Waals surface area contributed by atoms with E-state index < -0.39 is 0 Å². The summed E-state index contributed by atoms with van der Waals surface area (Å²) in [5.41, 5.74) is 2.31. The molecule has 0 bridgehead atoms. The summed E-state index contributed by atoms with van der Waals surface area (Å²) in [7, 11) is 0. The molecule has 6 nitrogen and oxygen atoms in total. The molecule has 1 aliphatic heterocycles. The van der Waals surface area contributed by atoms with Crippen LogP contribution in [0.4, 0.5) is 5.69 Å². The summed E-state index contributed by atoms with van der Waals surface area (Å²) in [5, 5.41) is 3.79. The number of likely N-dealkylation sites (tertiary alicyclic amines) is 1. The van der Waals surface area contributed by atoms with Crippen molar-refractivity contribution in [2.45, 2.75) is 39.2 Å². The van der Waals surface area contributed by atoms with E-state index in [9.17, 15) is 9.59 Å². The van der Waals surface area contributed by atoms with Gasteiger partial charge >= 0.3 is 0 Å². The van der Waals surface area contributed by atoms with Crippen LogP contribution in [-0.4, -0.2) is 39.4 Å². The van der Waals surface area contributed by atoms with Gasteiger partial charge in [-0.15, -0.1) is 0 Å². The molecule has 8 heteroatoms. The Hall–Kier alpha value is -2.83. The highest BCUT2D eigenvalue weighted by Gasteiger charge is 2.29. The van der Waals surface area contributed by atoms with Gasteiger partial charge < -0.3 is 14.8 Å². The number of aromatic nitrogens is 2. The normalized spacial score (nSPS) is 16.0. The molecule has 1 N–H and O–H groups in total. The van der Waals surface area contributed by atoms with Crippen molar-refractivity contribution >= 4 is 40.7 Å². The van der Waals surface area contributed by atoms with E-state index in [1.807, 2.05) is 36.7 Å². The van der Waals surface area contributed by atoms with Gasteiger partial charge in [0.05, 0.1) is 16.0 Å². The molecule has 1 unspecified atom stereocenters. The quantitative estimate of drug-likeness (QED) is 0.463. The number of halogens is 2. The monoisotopic (exact) mass is 498 g/mol. The molecule has 1 aliphatic rings. The number of anilines is 1. The van der Waals surface area contributed by atoms with Crippen LogP contribution in [0.5, 0.6) is 0 Å². The van der Waals surface area contributed by atoms with Gasteiger partial charge in [0.25, 0.3) is 5.91 Å². The maximum Gasteiger partial charge on any atom is 0.253 e. The molecule has 0 saturated carbocycles. The summed E-state index contributed by atoms with van der Waals surface area (Å²) in [5.74, 6) is 0.876. The van der Waals surface area contributed by atoms with Gasteiger partial charge in [0, 0.05) is 49.2 Å². The first kappa shape index (κ1) is 24.3. The maximum absolute atomic E-state index is 13.0. The zero-order valence-electron chi connectivity index (χ0n) is 19.3. The number of carbonyl (C=O) groups is 2. The van der Waals surface area contributed by atoms with E-state index in [1.165, 1.54) is 0 Å². The van der Waals surface area contributed by atoms with Gasteiger partial charge in [-0.1, -0.05) is 49.2 Å². The van der Waals surface area contributed by atoms with Crippen molar-refractivity contribution in [3.05, 3.63) is 81.9 Å². The molecule has 2 amide bonds. The largest absolute Gasteiger partial charge is 0.338 e. The van der Waals surface area contributed by atoms with E-state index in [4.69, 9.17) is 23.2 Å². The predicted molar refractivity (Wildman–Crippen MR) is 136 cm³/mol. The van der Waals surface area contributed by atoms with E-state index in [0.29, 0.717) is 41.2 Å². The molecular weight excluding hydrogens is 471 g/mol. The van der Waals surface area contributed by atoms with Crippen LogP contribution in [0, 0.1) is 5.92 Å². The van der Waals surface area contributed by atoms with Crippen LogP contribution in [0.25, 0.3) is 0 Å². The van der Waals surface area contributed by atoms with Crippen molar-refractivity contribution in [3.63, 3.8) is 0 Å². The Morgan fingerprint density at radius 1 is 1.15 bits per heavy atom. The average molecular weight is 499 g/mol. The van der Waals surface area contributed by atoms with Crippen molar-refractivity contribution in [3.8, 4) is 0 Å². The van der Waals surface area contributed by atoms with Gasteiger partial charge in [0.15, 0.2) is 0 Å². The van der Waals surface area contributed by atoms with Crippen LogP contribution in [0.2, 0.25) is 10.0 Å². The van der Waals surface area contributed by atoms with Gasteiger partial charge in [0.1, 0.15) is 5.82 Å². The number of rotatable bonds is 6. The molecule has 0 spiro atoms. The number of nitrogens with zero attached hydrogens (tertiary/aromatic N) is 3. The van der Waals surface area contributed by atoms with Crippen molar-refractivity contribution in [2.24, 2.45) is 5.92 Å². The molecule has 1 aromatic heterocycles. The Labute approximate surface area is 209 Å². The molecule has 178 valence electrons. The first-order valence-corrected chi connectivity index (χ1v) is 12.2. The Bertz CT molecular complexity index is 1190. The van der Waals surface area contributed by atoms with Gasteiger partial charge in [-0.25, -0.2) is 4.98 Å². The number of piperidine rings is 1. The second kappa shape index (κ2) is 10.6. The van der Waals surface area contributed by atoms with Gasteiger partial charge in [-0.05, 0) is 48.7 Å². The van der Waals surface area contributed by atoms with Gasteiger partial charge in [-0.2, -0.15) is 0 Å². The lowest BCUT2D eigenvalue weighted by molar-refractivity contribution is -0.121. The minimum atomic E-state index is -0.273. The fourth-order valence-corrected chi connectivity index (χ4v) is 4.63. The first-order valence-electron chi connectivity index (χ1n) is 11.5. The summed E-state index contributed by atoms with van der Waals surface area (Å²) in [6.45, 7) is 5.91. The molecule has 1 atom stereocenters. The molecular formula is C26H28Cl2N4O2. The van der Waals surface area contributed by atoms with E-state index in [1.54, 1.807) is 23.1 Å². The molecule has 3 aromatic rings. The van der Waals surface area contributed by atoms with Crippen molar-refractivity contribution < 1.29 is 9.59 Å². The summed E-state index contributed by atoms with van der Waals surface area (Å²) in [6.07, 6.45) is 5.30. The number of nitrogens with one attached hydrogen (secondary N) is 1. The molecule has 1 saturated heterocycles. The fraction of sp³-hybridized carbons (Fsp3) is 0.346. The van der Waals surface area contributed by atoms with Crippen molar-refractivity contribution in [1.29, 1.82) is 0 Å². The van der Waals surface area contributed by atoms with Crippen LogP contribution in [0.15, 0.2) is 54.9 Å². The third-order valence-electron chi connectivity index (χ3n) is 6.06. The van der Waals surface area contributed by atoms with Crippen molar-refractivity contribution in [1.82, 2.24) is 14.5 Å². The van der Waals surface area contributed by atoms with Crippen molar-refractivity contribution in [2.75, 3.05) is 18.4 Å². The molecule has 1 fully saturated rings. The lowest BCUT2D eigenvalue weighted by atomic mass is 9.96. The SMILES string of the molecule is CC(C)c1nccn1Cc1cccc(NC(=O)C2CCCN(C(=O)c3ccc(Cl)c(Cl)c3)C2)c1. The number of benzene rings is 2. The molecule has 2 heterocycles. The molecule has 0 radical (unpaired) electrons. The Kier molecular flexibility index (Phi) is 7.59. The third-order valence-corrected chi connectivity index (χ3v) is 6.80. The lowest BCUT2D eigenvalue weighted by Gasteiger charge is -2.32. The highest BCUT2D eigenvalue weighted by atomic mass is 35.5. The Balaban J connectivity index is 1.40. The van der Waals surface area contributed by atoms with Gasteiger partial charge in [0.2, 0.25) is 5.91 Å². The van der Waals surface area contributed by atoms with E-state index in [-0.39, 0.29) is 17.7 Å². The maximum atomic E-state index is 13.0. The van der Waals surface area contributed by atoms with Crippen LogP contribution in [0.3, 0.4) is 0 Å². The number of imidazole rings is 1. The summed E-state index contributed by atoms with van der Waals surface area (Å²) in [4.78, 5) is 32.1. The Morgan fingerprint density at radius 3 is 2.74 bits per heavy atom. The van der Waals surface area contributed by atoms with E-state index in [0.717, 1.165) is 29.9 Å². The first-order chi connectivity index (χ1) is 16.3. The van der Waals surface area contributed by atoms with E-state index in [2.05, 4.69) is 28.7 Å². The number of hydrogen-bond donors (Lipinski definition) is 1. The second-order valence-electron chi connectivity index (χ2n) is 8.98. The number of carbonyl (C=O) groups excluding carboxylic acids is 2. The minimum absolute atomic E-state index is 0.0747. The number of hydrogen-bond acceptors (Lipinski definition) is 3. The molecule has 34 heavy (non-hydrogen) atoms. The zero-order valence-corrected chi connectivity index (χ0v) is 20.8. The minimum Gasteiger partial charge on any atom is -0.338 e. The fourth-order valence-electron chi connectivity index (χ4n) is 4.33. The molecule has 4 rings (SSSR count). The molecule has 0 aliphatic carbocycles. The highest BCUT2D eigenvalue weighted by Crippen LogP contribution is 2.26. The standard InChI is InChI=1S/C26H28Cl2N4O2/c1-17(2)24-29-10-12-31(24)15-18-5-3-7-21(13-18)30-25(33)20-6-4-11-32(16-20)26(34)19-8-9-22(27)23(28)14-19/h3,5,7-10,12-14,17,20H,4,6,11,15-16H2,1-2H3,(H,30,33). The summed E-state index contributed by atoms with van der Waals surface area (Å²) < 4.78 is 2.12.